The summed E-state index contributed by atoms with van der Waals surface area (Å²) in [5.74, 6) is -1.04. The standard InChI is InChI=1S/C22H22N6O/c1-2-8-28-9-7-14-15(10-23)19(26)21(12-24,13-25)22(17(14)11-28)16-5-3-4-6-18(16)27-20(22)29/h3-6,14,17H,2,7-9,11,26H2,1H3,(H,27,29). The highest BCUT2D eigenvalue weighted by molar-refractivity contribution is 6.09. The Morgan fingerprint density at radius 3 is 2.66 bits per heavy atom. The van der Waals surface area contributed by atoms with Gasteiger partial charge in [-0.1, -0.05) is 25.1 Å². The Morgan fingerprint density at radius 2 is 2.00 bits per heavy atom. The molecular formula is C22H22N6O. The van der Waals surface area contributed by atoms with Crippen molar-refractivity contribution in [1.29, 1.82) is 15.8 Å². The molecule has 0 aromatic heterocycles. The van der Waals surface area contributed by atoms with E-state index in [1.54, 1.807) is 12.1 Å². The lowest BCUT2D eigenvalue weighted by Gasteiger charge is -2.54. The molecule has 3 unspecified atom stereocenters. The number of nitrogens with one attached hydrogen (secondary N) is 1. The first-order chi connectivity index (χ1) is 14.0. The zero-order chi connectivity index (χ0) is 20.8. The lowest BCUT2D eigenvalue weighted by molar-refractivity contribution is -0.128. The molecule has 3 N–H and O–H groups in total. The van der Waals surface area contributed by atoms with Crippen LogP contribution in [0, 0.1) is 51.2 Å². The number of carbonyl (C=O) groups excluding carboxylic acids is 1. The largest absolute Gasteiger partial charge is 0.399 e. The minimum Gasteiger partial charge on any atom is -0.399 e. The number of rotatable bonds is 2. The van der Waals surface area contributed by atoms with Crippen molar-refractivity contribution in [3.8, 4) is 18.2 Å². The van der Waals surface area contributed by atoms with Gasteiger partial charge < -0.3 is 16.0 Å². The van der Waals surface area contributed by atoms with Crippen molar-refractivity contribution in [3.05, 3.63) is 41.1 Å². The third-order valence-corrected chi connectivity index (χ3v) is 6.86. The predicted molar refractivity (Wildman–Crippen MR) is 106 cm³/mol. The molecule has 7 nitrogen and oxygen atoms in total. The molecule has 1 aliphatic carbocycles. The molecule has 2 heterocycles. The summed E-state index contributed by atoms with van der Waals surface area (Å²) >= 11 is 0. The number of hydrogen-bond acceptors (Lipinski definition) is 6. The summed E-state index contributed by atoms with van der Waals surface area (Å²) in [6.07, 6.45) is 1.62. The van der Waals surface area contributed by atoms with Crippen LogP contribution >= 0.6 is 0 Å². The average molecular weight is 386 g/mol. The molecule has 0 radical (unpaired) electrons. The number of benzene rings is 1. The molecule has 1 amide bonds. The maximum atomic E-state index is 13.6. The van der Waals surface area contributed by atoms with E-state index in [0.717, 1.165) is 19.5 Å². The van der Waals surface area contributed by atoms with Gasteiger partial charge in [-0.2, -0.15) is 15.8 Å². The van der Waals surface area contributed by atoms with Gasteiger partial charge in [0.25, 0.3) is 0 Å². The lowest BCUT2D eigenvalue weighted by atomic mass is 9.46. The van der Waals surface area contributed by atoms with Crippen LogP contribution in [0.1, 0.15) is 25.3 Å². The molecule has 29 heavy (non-hydrogen) atoms. The third-order valence-electron chi connectivity index (χ3n) is 6.86. The highest BCUT2D eigenvalue weighted by Crippen LogP contribution is 2.62. The summed E-state index contributed by atoms with van der Waals surface area (Å²) in [7, 11) is 0. The SMILES string of the molecule is CCCN1CCC2C(C#N)=C(N)C(C#N)(C#N)C3(C(=O)Nc4ccccc43)C2C1. The fraction of sp³-hybridized carbons (Fsp3) is 0.455. The number of fused-ring (bicyclic) bond motifs is 4. The molecule has 4 rings (SSSR count). The van der Waals surface area contributed by atoms with Crippen molar-refractivity contribution in [2.75, 3.05) is 25.0 Å². The Balaban J connectivity index is 2.07. The Bertz CT molecular complexity index is 1020. The van der Waals surface area contributed by atoms with Crippen LogP contribution in [-0.2, 0) is 10.2 Å². The number of nitrogens with zero attached hydrogens (tertiary/aromatic N) is 4. The molecule has 1 fully saturated rings. The van der Waals surface area contributed by atoms with Gasteiger partial charge in [-0.05, 0) is 37.6 Å². The molecule has 0 bridgehead atoms. The van der Waals surface area contributed by atoms with Gasteiger partial charge in [-0.15, -0.1) is 0 Å². The topological polar surface area (TPSA) is 130 Å². The molecule has 0 saturated carbocycles. The molecule has 2 aliphatic heterocycles. The number of amides is 1. The summed E-state index contributed by atoms with van der Waals surface area (Å²) in [4.78, 5) is 15.9. The molecule has 146 valence electrons. The van der Waals surface area contributed by atoms with Gasteiger partial charge in [-0.25, -0.2) is 0 Å². The first kappa shape index (κ1) is 19.0. The first-order valence-electron chi connectivity index (χ1n) is 9.87. The second-order valence-corrected chi connectivity index (χ2v) is 8.02. The number of carbonyl (C=O) groups is 1. The lowest BCUT2D eigenvalue weighted by Crippen LogP contribution is -2.65. The fourth-order valence-electron chi connectivity index (χ4n) is 5.70. The molecule has 1 aromatic carbocycles. The van der Waals surface area contributed by atoms with E-state index in [-0.39, 0.29) is 23.1 Å². The van der Waals surface area contributed by atoms with Crippen LogP contribution in [-0.4, -0.2) is 30.4 Å². The maximum absolute atomic E-state index is 13.6. The summed E-state index contributed by atoms with van der Waals surface area (Å²) in [6.45, 7) is 4.27. The Labute approximate surface area is 170 Å². The van der Waals surface area contributed by atoms with E-state index in [1.807, 2.05) is 12.1 Å². The number of hydrogen-bond donors (Lipinski definition) is 2. The quantitative estimate of drug-likeness (QED) is 0.799. The fourth-order valence-corrected chi connectivity index (χ4v) is 5.70. The maximum Gasteiger partial charge on any atom is 0.238 e. The Morgan fingerprint density at radius 1 is 1.28 bits per heavy atom. The van der Waals surface area contributed by atoms with Gasteiger partial charge in [0, 0.05) is 24.1 Å². The molecule has 3 aliphatic rings. The number of nitriles is 3. The van der Waals surface area contributed by atoms with Crippen LogP contribution in [0.5, 0.6) is 0 Å². The van der Waals surface area contributed by atoms with Crippen molar-refractivity contribution in [2.45, 2.75) is 25.2 Å². The van der Waals surface area contributed by atoms with Crippen LogP contribution < -0.4 is 11.1 Å². The zero-order valence-electron chi connectivity index (χ0n) is 16.3. The third kappa shape index (κ3) is 2.15. The van der Waals surface area contributed by atoms with E-state index >= 15 is 0 Å². The van der Waals surface area contributed by atoms with Crippen LogP contribution in [0.2, 0.25) is 0 Å². The molecule has 7 heteroatoms. The van der Waals surface area contributed by atoms with Crippen LogP contribution in [0.25, 0.3) is 0 Å². The summed E-state index contributed by atoms with van der Waals surface area (Å²) in [5.41, 5.74) is 4.44. The van der Waals surface area contributed by atoms with Crippen molar-refractivity contribution >= 4 is 11.6 Å². The molecule has 1 saturated heterocycles. The number of anilines is 1. The van der Waals surface area contributed by atoms with E-state index in [4.69, 9.17) is 5.73 Å². The number of para-hydroxylation sites is 1. The van der Waals surface area contributed by atoms with Gasteiger partial charge in [0.15, 0.2) is 0 Å². The van der Waals surface area contributed by atoms with E-state index in [1.165, 1.54) is 0 Å². The van der Waals surface area contributed by atoms with E-state index < -0.39 is 16.7 Å². The van der Waals surface area contributed by atoms with Gasteiger partial charge in [0.1, 0.15) is 5.41 Å². The minimum atomic E-state index is -1.94. The van der Waals surface area contributed by atoms with Crippen LogP contribution in [0.15, 0.2) is 35.5 Å². The minimum absolute atomic E-state index is 0.0676. The van der Waals surface area contributed by atoms with Gasteiger partial charge in [-0.3, -0.25) is 4.79 Å². The predicted octanol–water partition coefficient (Wildman–Crippen LogP) is 2.01. The van der Waals surface area contributed by atoms with E-state index in [9.17, 15) is 20.6 Å². The molecular weight excluding hydrogens is 364 g/mol. The van der Waals surface area contributed by atoms with Crippen molar-refractivity contribution in [2.24, 2.45) is 23.0 Å². The number of allylic oxidation sites excluding steroid dienone is 2. The molecule has 3 atom stereocenters. The second kappa shape index (κ2) is 6.62. The van der Waals surface area contributed by atoms with Crippen molar-refractivity contribution in [3.63, 3.8) is 0 Å². The highest BCUT2D eigenvalue weighted by Gasteiger charge is 2.72. The van der Waals surface area contributed by atoms with E-state index in [0.29, 0.717) is 24.2 Å². The number of likely N-dealkylation sites (tertiary alicyclic amines) is 1. The summed E-state index contributed by atoms with van der Waals surface area (Å²) in [6, 6.07) is 13.6. The normalized spacial score (nSPS) is 29.9. The van der Waals surface area contributed by atoms with Crippen LogP contribution in [0.4, 0.5) is 5.69 Å². The van der Waals surface area contributed by atoms with Gasteiger partial charge in [0.2, 0.25) is 11.3 Å². The number of piperidine rings is 1. The van der Waals surface area contributed by atoms with E-state index in [2.05, 4.69) is 35.3 Å². The second-order valence-electron chi connectivity index (χ2n) is 8.02. The van der Waals surface area contributed by atoms with Gasteiger partial charge >= 0.3 is 0 Å². The average Bonchev–Trinajstić information content (AvgIpc) is 3.03. The smallest absolute Gasteiger partial charge is 0.238 e. The van der Waals surface area contributed by atoms with Crippen molar-refractivity contribution < 1.29 is 4.79 Å². The summed E-state index contributed by atoms with van der Waals surface area (Å²) < 4.78 is 0. The monoisotopic (exact) mass is 386 g/mol. The van der Waals surface area contributed by atoms with Crippen LogP contribution in [0.3, 0.4) is 0 Å². The highest BCUT2D eigenvalue weighted by atomic mass is 16.2. The summed E-state index contributed by atoms with van der Waals surface area (Å²) in [5, 5.41) is 33.3. The molecule has 1 spiro atoms. The number of nitrogens with two attached hydrogens (primary N) is 1. The molecule has 1 aromatic rings. The Hall–Kier alpha value is -3.34. The van der Waals surface area contributed by atoms with Gasteiger partial charge in [0.05, 0.1) is 29.5 Å². The first-order valence-corrected chi connectivity index (χ1v) is 9.87. The van der Waals surface area contributed by atoms with Crippen molar-refractivity contribution in [1.82, 2.24) is 4.90 Å². The Kier molecular flexibility index (Phi) is 4.34. The zero-order valence-corrected chi connectivity index (χ0v) is 16.3.